The van der Waals surface area contributed by atoms with Crippen molar-refractivity contribution < 1.29 is 22.8 Å². The van der Waals surface area contributed by atoms with Crippen LogP contribution < -0.4 is 10.6 Å². The van der Waals surface area contributed by atoms with Gasteiger partial charge in [-0.15, -0.1) is 0 Å². The van der Waals surface area contributed by atoms with E-state index in [1.54, 1.807) is 26.1 Å². The maximum absolute atomic E-state index is 13.1. The standard InChI is InChI=1S/C24H26F3N3O2/c1-15(31)30-21(11-16-13-28-20-10-5-4-9-19(16)20)22(32)29-14-23(2,3)17-7-6-8-18(12-17)24(25,26)27/h4-10,12-13,21,28H,11,14H2,1-3H3,(H,29,32)(H,30,31). The predicted octanol–water partition coefficient (Wildman–Crippen LogP) is 4.33. The van der Waals surface area contributed by atoms with Crippen molar-refractivity contribution in [3.63, 3.8) is 0 Å². The van der Waals surface area contributed by atoms with Crippen LogP contribution in [0, 0.1) is 0 Å². The van der Waals surface area contributed by atoms with Crippen molar-refractivity contribution in [1.29, 1.82) is 0 Å². The molecule has 0 radical (unpaired) electrons. The van der Waals surface area contributed by atoms with Gasteiger partial charge in [-0.2, -0.15) is 13.2 Å². The predicted molar refractivity (Wildman–Crippen MR) is 117 cm³/mol. The van der Waals surface area contributed by atoms with E-state index in [-0.39, 0.29) is 18.9 Å². The monoisotopic (exact) mass is 445 g/mol. The highest BCUT2D eigenvalue weighted by Gasteiger charge is 2.32. The van der Waals surface area contributed by atoms with Gasteiger partial charge in [0.2, 0.25) is 11.8 Å². The zero-order valence-corrected chi connectivity index (χ0v) is 18.1. The van der Waals surface area contributed by atoms with Crippen molar-refractivity contribution in [3.8, 4) is 0 Å². The summed E-state index contributed by atoms with van der Waals surface area (Å²) < 4.78 is 39.2. The number of fused-ring (bicyclic) bond motifs is 1. The summed E-state index contributed by atoms with van der Waals surface area (Å²) in [4.78, 5) is 27.8. The van der Waals surface area contributed by atoms with Gasteiger partial charge in [0, 0.05) is 42.4 Å². The van der Waals surface area contributed by atoms with E-state index in [4.69, 9.17) is 0 Å². The molecule has 0 saturated carbocycles. The van der Waals surface area contributed by atoms with Gasteiger partial charge < -0.3 is 15.6 Å². The maximum atomic E-state index is 13.1. The van der Waals surface area contributed by atoms with E-state index in [2.05, 4.69) is 15.6 Å². The van der Waals surface area contributed by atoms with E-state index >= 15 is 0 Å². The van der Waals surface area contributed by atoms with Gasteiger partial charge in [-0.3, -0.25) is 9.59 Å². The number of hydrogen-bond acceptors (Lipinski definition) is 2. The van der Waals surface area contributed by atoms with Crippen molar-refractivity contribution >= 4 is 22.7 Å². The quantitative estimate of drug-likeness (QED) is 0.507. The first-order chi connectivity index (χ1) is 15.0. The molecule has 0 aliphatic carbocycles. The molecule has 32 heavy (non-hydrogen) atoms. The van der Waals surface area contributed by atoms with Gasteiger partial charge in [0.05, 0.1) is 5.56 Å². The molecule has 2 amide bonds. The van der Waals surface area contributed by atoms with E-state index in [9.17, 15) is 22.8 Å². The first kappa shape index (κ1) is 23.4. The second-order valence-electron chi connectivity index (χ2n) is 8.50. The molecule has 0 spiro atoms. The summed E-state index contributed by atoms with van der Waals surface area (Å²) in [7, 11) is 0. The first-order valence-corrected chi connectivity index (χ1v) is 10.2. The SMILES string of the molecule is CC(=O)NC(Cc1c[nH]c2ccccc12)C(=O)NCC(C)(C)c1cccc(C(F)(F)F)c1. The van der Waals surface area contributed by atoms with E-state index in [0.717, 1.165) is 28.6 Å². The van der Waals surface area contributed by atoms with Crippen LogP contribution in [-0.4, -0.2) is 29.4 Å². The van der Waals surface area contributed by atoms with Gasteiger partial charge in [-0.1, -0.05) is 50.2 Å². The number of H-pyrrole nitrogens is 1. The molecule has 1 aromatic heterocycles. The summed E-state index contributed by atoms with van der Waals surface area (Å²) in [5.41, 5.74) is 0.783. The molecule has 1 heterocycles. The van der Waals surface area contributed by atoms with Crippen molar-refractivity contribution in [2.45, 2.75) is 44.8 Å². The topological polar surface area (TPSA) is 74.0 Å². The Morgan fingerprint density at radius 1 is 1.03 bits per heavy atom. The third-order valence-corrected chi connectivity index (χ3v) is 5.47. The van der Waals surface area contributed by atoms with Crippen LogP contribution in [0.25, 0.3) is 10.9 Å². The molecule has 2 aromatic carbocycles. The number of aromatic nitrogens is 1. The molecule has 1 unspecified atom stereocenters. The second kappa shape index (κ2) is 9.06. The summed E-state index contributed by atoms with van der Waals surface area (Å²) in [6.07, 6.45) is -2.36. The Hall–Kier alpha value is -3.29. The lowest BCUT2D eigenvalue weighted by Crippen LogP contribution is -2.49. The van der Waals surface area contributed by atoms with Crippen LogP contribution in [0.2, 0.25) is 0 Å². The number of para-hydroxylation sites is 1. The molecule has 3 rings (SSSR count). The number of benzene rings is 2. The summed E-state index contributed by atoms with van der Waals surface area (Å²) in [5.74, 6) is -0.743. The molecule has 1 atom stereocenters. The molecule has 3 N–H and O–H groups in total. The minimum Gasteiger partial charge on any atom is -0.361 e. The third-order valence-electron chi connectivity index (χ3n) is 5.47. The summed E-state index contributed by atoms with van der Waals surface area (Å²) >= 11 is 0. The van der Waals surface area contributed by atoms with E-state index in [1.807, 2.05) is 24.3 Å². The average Bonchev–Trinajstić information content (AvgIpc) is 3.14. The van der Waals surface area contributed by atoms with Crippen molar-refractivity contribution in [1.82, 2.24) is 15.6 Å². The Morgan fingerprint density at radius 2 is 1.72 bits per heavy atom. The highest BCUT2D eigenvalue weighted by molar-refractivity contribution is 5.89. The number of halogens is 3. The molecular formula is C24H26F3N3O2. The fraction of sp³-hybridized carbons (Fsp3) is 0.333. The largest absolute Gasteiger partial charge is 0.416 e. The molecule has 170 valence electrons. The zero-order valence-electron chi connectivity index (χ0n) is 18.1. The minimum atomic E-state index is -4.44. The Balaban J connectivity index is 1.74. The van der Waals surface area contributed by atoms with Gasteiger partial charge in [0.15, 0.2) is 0 Å². The number of rotatable bonds is 7. The Labute approximate surface area is 184 Å². The van der Waals surface area contributed by atoms with Crippen LogP contribution in [0.5, 0.6) is 0 Å². The van der Waals surface area contributed by atoms with Crippen molar-refractivity contribution in [3.05, 3.63) is 71.4 Å². The number of alkyl halides is 3. The maximum Gasteiger partial charge on any atom is 0.416 e. The Kier molecular flexibility index (Phi) is 6.62. The summed E-state index contributed by atoms with van der Waals surface area (Å²) in [5, 5.41) is 6.43. The number of aromatic amines is 1. The molecule has 0 aliphatic heterocycles. The molecule has 0 saturated heterocycles. The third kappa shape index (κ3) is 5.49. The minimum absolute atomic E-state index is 0.108. The number of carbonyl (C=O) groups is 2. The Morgan fingerprint density at radius 3 is 2.41 bits per heavy atom. The lowest BCUT2D eigenvalue weighted by Gasteiger charge is -2.28. The highest BCUT2D eigenvalue weighted by atomic mass is 19.4. The molecular weight excluding hydrogens is 419 g/mol. The number of amides is 2. The molecule has 0 aliphatic rings. The number of hydrogen-bond donors (Lipinski definition) is 3. The lowest BCUT2D eigenvalue weighted by atomic mass is 9.83. The van der Waals surface area contributed by atoms with Crippen LogP contribution in [0.15, 0.2) is 54.7 Å². The van der Waals surface area contributed by atoms with Crippen LogP contribution in [0.3, 0.4) is 0 Å². The average molecular weight is 445 g/mol. The highest BCUT2D eigenvalue weighted by Crippen LogP contribution is 2.32. The first-order valence-electron chi connectivity index (χ1n) is 10.2. The summed E-state index contributed by atoms with van der Waals surface area (Å²) in [6, 6.07) is 11.9. The fourth-order valence-electron chi connectivity index (χ4n) is 3.62. The van der Waals surface area contributed by atoms with Gasteiger partial charge in [0.25, 0.3) is 0 Å². The Bertz CT molecular complexity index is 1120. The lowest BCUT2D eigenvalue weighted by molar-refractivity contribution is -0.137. The van der Waals surface area contributed by atoms with Crippen molar-refractivity contribution in [2.24, 2.45) is 0 Å². The van der Waals surface area contributed by atoms with Crippen LogP contribution in [0.1, 0.15) is 37.5 Å². The van der Waals surface area contributed by atoms with E-state index in [0.29, 0.717) is 5.56 Å². The number of nitrogens with one attached hydrogen (secondary N) is 3. The van der Waals surface area contributed by atoms with E-state index in [1.165, 1.54) is 13.0 Å². The molecule has 8 heteroatoms. The molecule has 3 aromatic rings. The normalized spacial score (nSPS) is 13.1. The summed E-state index contributed by atoms with van der Waals surface area (Å²) in [6.45, 7) is 4.96. The van der Waals surface area contributed by atoms with Gasteiger partial charge >= 0.3 is 6.18 Å². The molecule has 0 bridgehead atoms. The second-order valence-corrected chi connectivity index (χ2v) is 8.50. The number of carbonyl (C=O) groups excluding carboxylic acids is 2. The van der Waals surface area contributed by atoms with Gasteiger partial charge in [-0.25, -0.2) is 0 Å². The van der Waals surface area contributed by atoms with Gasteiger partial charge in [-0.05, 0) is 23.3 Å². The fourth-order valence-corrected chi connectivity index (χ4v) is 3.62. The molecule has 5 nitrogen and oxygen atoms in total. The molecule has 0 fully saturated rings. The van der Waals surface area contributed by atoms with Crippen LogP contribution in [0.4, 0.5) is 13.2 Å². The zero-order chi connectivity index (χ0) is 23.5. The van der Waals surface area contributed by atoms with Gasteiger partial charge in [0.1, 0.15) is 6.04 Å². The van der Waals surface area contributed by atoms with Crippen LogP contribution in [-0.2, 0) is 27.6 Å². The van der Waals surface area contributed by atoms with E-state index < -0.39 is 29.1 Å². The smallest absolute Gasteiger partial charge is 0.361 e. The van der Waals surface area contributed by atoms with Crippen LogP contribution >= 0.6 is 0 Å². The van der Waals surface area contributed by atoms with Crippen molar-refractivity contribution in [2.75, 3.05) is 6.54 Å².